The molecule has 0 N–H and O–H groups in total. The van der Waals surface area contributed by atoms with Gasteiger partial charge in [-0.2, -0.15) is 5.10 Å². The average Bonchev–Trinajstić information content (AvgIpc) is 3.49. The Balaban J connectivity index is 1.33. The number of rotatable bonds is 5. The number of fused-ring (bicyclic) bond motifs is 3. The van der Waals surface area contributed by atoms with Gasteiger partial charge in [0.1, 0.15) is 17.3 Å². The highest BCUT2D eigenvalue weighted by Gasteiger charge is 2.31. The molecule has 0 amide bonds. The van der Waals surface area contributed by atoms with Crippen molar-refractivity contribution >= 4 is 21.8 Å². The van der Waals surface area contributed by atoms with E-state index in [-0.39, 0.29) is 5.41 Å². The van der Waals surface area contributed by atoms with Crippen LogP contribution < -0.4 is 4.74 Å². The van der Waals surface area contributed by atoms with Gasteiger partial charge in [0.15, 0.2) is 0 Å². The largest absolute Gasteiger partial charge is 0.457 e. The van der Waals surface area contributed by atoms with Gasteiger partial charge in [-0.1, -0.05) is 64.5 Å². The van der Waals surface area contributed by atoms with Crippen molar-refractivity contribution in [1.29, 1.82) is 0 Å². The second-order valence-electron chi connectivity index (χ2n) is 14.9. The fourth-order valence-electron chi connectivity index (χ4n) is 7.90. The number of aromatic nitrogens is 4. The minimum atomic E-state index is -0.0758. The molecule has 3 atom stereocenters. The monoisotopic (exact) mass is 622 g/mol. The topological polar surface area (TPSA) is 44.9 Å². The van der Waals surface area contributed by atoms with Crippen LogP contribution in [0.25, 0.3) is 33.3 Å². The molecular formula is C42H46N4O. The van der Waals surface area contributed by atoms with Gasteiger partial charge >= 0.3 is 0 Å². The van der Waals surface area contributed by atoms with E-state index in [4.69, 9.17) is 14.8 Å². The lowest BCUT2D eigenvalue weighted by atomic mass is 9.72. The molecule has 3 heterocycles. The molecule has 0 saturated carbocycles. The van der Waals surface area contributed by atoms with Crippen LogP contribution in [0.3, 0.4) is 0 Å². The van der Waals surface area contributed by atoms with E-state index in [0.717, 1.165) is 39.7 Å². The third-order valence-electron chi connectivity index (χ3n) is 10.0. The molecule has 0 saturated heterocycles. The maximum atomic E-state index is 6.75. The molecule has 3 aromatic carbocycles. The first-order valence-corrected chi connectivity index (χ1v) is 16.9. The Morgan fingerprint density at radius 3 is 2.32 bits per heavy atom. The van der Waals surface area contributed by atoms with E-state index in [2.05, 4.69) is 144 Å². The minimum absolute atomic E-state index is 0.0758. The molecule has 7 rings (SSSR count). The highest BCUT2D eigenvalue weighted by Crippen LogP contribution is 2.43. The molecule has 240 valence electrons. The summed E-state index contributed by atoms with van der Waals surface area (Å²) in [5.74, 6) is 4.07. The Kier molecular flexibility index (Phi) is 7.62. The van der Waals surface area contributed by atoms with Gasteiger partial charge in [-0.05, 0) is 105 Å². The maximum Gasteiger partial charge on any atom is 0.137 e. The first kappa shape index (κ1) is 31.0. The lowest BCUT2D eigenvalue weighted by molar-refractivity contribution is 0.390. The number of hydrogen-bond donors (Lipinski definition) is 0. The van der Waals surface area contributed by atoms with Gasteiger partial charge in [0.05, 0.1) is 22.4 Å². The summed E-state index contributed by atoms with van der Waals surface area (Å²) in [7, 11) is 0. The molecule has 0 bridgehead atoms. The van der Waals surface area contributed by atoms with Crippen LogP contribution in [0.15, 0.2) is 90.6 Å². The van der Waals surface area contributed by atoms with E-state index in [1.54, 1.807) is 0 Å². The summed E-state index contributed by atoms with van der Waals surface area (Å²) in [6.07, 6.45) is 5.54. The molecular weight excluding hydrogens is 576 g/mol. The summed E-state index contributed by atoms with van der Waals surface area (Å²) in [4.78, 5) is 4.75. The Bertz CT molecular complexity index is 2170. The van der Waals surface area contributed by atoms with Crippen LogP contribution in [0.2, 0.25) is 0 Å². The zero-order valence-corrected chi connectivity index (χ0v) is 29.2. The van der Waals surface area contributed by atoms with Crippen molar-refractivity contribution in [3.05, 3.63) is 119 Å². The SMILES string of the molecule is CC1=CC(C)C[C@H](C)[C@@H]1c1c(C)nn(-c2cc(Oc3ccc4c5ccccc5n(-c5cc(C)ccn5)c4c3)cc(C(C)(C)C)c2)c1C. The summed E-state index contributed by atoms with van der Waals surface area (Å²) in [6.45, 7) is 20.3. The van der Waals surface area contributed by atoms with Crippen molar-refractivity contribution < 1.29 is 4.74 Å². The summed E-state index contributed by atoms with van der Waals surface area (Å²) < 4.78 is 11.1. The smallest absolute Gasteiger partial charge is 0.137 e. The fraction of sp³-hybridized carbons (Fsp3) is 0.333. The van der Waals surface area contributed by atoms with Crippen molar-refractivity contribution in [3.63, 3.8) is 0 Å². The van der Waals surface area contributed by atoms with Gasteiger partial charge in [-0.15, -0.1) is 0 Å². The number of pyridine rings is 1. The van der Waals surface area contributed by atoms with Crippen molar-refractivity contribution in [2.45, 2.75) is 80.1 Å². The lowest BCUT2D eigenvalue weighted by Crippen LogP contribution is -2.20. The van der Waals surface area contributed by atoms with E-state index >= 15 is 0 Å². The Hall–Kier alpha value is -4.64. The van der Waals surface area contributed by atoms with Gasteiger partial charge in [0, 0.05) is 46.3 Å². The Morgan fingerprint density at radius 1 is 0.809 bits per heavy atom. The van der Waals surface area contributed by atoms with Gasteiger partial charge in [0.25, 0.3) is 0 Å². The zero-order chi connectivity index (χ0) is 33.2. The Morgan fingerprint density at radius 2 is 1.57 bits per heavy atom. The molecule has 0 fully saturated rings. The molecule has 0 spiro atoms. The van der Waals surface area contributed by atoms with Crippen LogP contribution in [-0.4, -0.2) is 19.3 Å². The van der Waals surface area contributed by atoms with Crippen LogP contribution in [-0.2, 0) is 5.41 Å². The normalized spacial score (nSPS) is 18.6. The first-order valence-electron chi connectivity index (χ1n) is 16.9. The molecule has 5 nitrogen and oxygen atoms in total. The van der Waals surface area contributed by atoms with E-state index in [1.165, 1.54) is 45.2 Å². The third-order valence-corrected chi connectivity index (χ3v) is 10.0. The van der Waals surface area contributed by atoms with Crippen LogP contribution in [0.5, 0.6) is 11.5 Å². The maximum absolute atomic E-state index is 6.75. The zero-order valence-electron chi connectivity index (χ0n) is 29.2. The number of ether oxygens (including phenoxy) is 1. The van der Waals surface area contributed by atoms with E-state index < -0.39 is 0 Å². The van der Waals surface area contributed by atoms with E-state index in [0.29, 0.717) is 17.8 Å². The van der Waals surface area contributed by atoms with Crippen molar-refractivity contribution in [3.8, 4) is 23.0 Å². The van der Waals surface area contributed by atoms with Gasteiger partial charge in [-0.25, -0.2) is 9.67 Å². The van der Waals surface area contributed by atoms with Crippen LogP contribution in [0.1, 0.15) is 82.0 Å². The average molecular weight is 623 g/mol. The minimum Gasteiger partial charge on any atom is -0.457 e. The predicted octanol–water partition coefficient (Wildman–Crippen LogP) is 11.1. The van der Waals surface area contributed by atoms with Gasteiger partial charge in [0.2, 0.25) is 0 Å². The van der Waals surface area contributed by atoms with E-state index in [1.807, 2.05) is 12.3 Å². The van der Waals surface area contributed by atoms with E-state index in [9.17, 15) is 0 Å². The molecule has 1 aliphatic rings. The quantitative estimate of drug-likeness (QED) is 0.180. The summed E-state index contributed by atoms with van der Waals surface area (Å²) in [5, 5.41) is 7.52. The second kappa shape index (κ2) is 11.6. The van der Waals surface area contributed by atoms with Crippen molar-refractivity contribution in [1.82, 2.24) is 19.3 Å². The van der Waals surface area contributed by atoms with Crippen LogP contribution in [0, 0.1) is 32.6 Å². The van der Waals surface area contributed by atoms with Crippen LogP contribution >= 0.6 is 0 Å². The van der Waals surface area contributed by atoms with Crippen molar-refractivity contribution in [2.75, 3.05) is 0 Å². The molecule has 1 aliphatic carbocycles. The molecule has 47 heavy (non-hydrogen) atoms. The highest BCUT2D eigenvalue weighted by atomic mass is 16.5. The molecule has 3 aromatic heterocycles. The molecule has 6 aromatic rings. The number of aryl methyl sites for hydroxylation is 2. The second-order valence-corrected chi connectivity index (χ2v) is 14.9. The molecule has 0 radical (unpaired) electrons. The Labute approximate surface area is 278 Å². The summed E-state index contributed by atoms with van der Waals surface area (Å²) >= 11 is 0. The highest BCUT2D eigenvalue weighted by molar-refractivity contribution is 6.09. The number of benzene rings is 3. The van der Waals surface area contributed by atoms with Crippen LogP contribution in [0.4, 0.5) is 0 Å². The number of nitrogens with zero attached hydrogens (tertiary/aromatic N) is 4. The molecule has 5 heteroatoms. The third kappa shape index (κ3) is 5.56. The number of para-hydroxylation sites is 1. The number of allylic oxidation sites excluding steroid dienone is 2. The summed E-state index contributed by atoms with van der Waals surface area (Å²) in [5.41, 5.74) is 10.7. The molecule has 1 unspecified atom stereocenters. The van der Waals surface area contributed by atoms with Crippen molar-refractivity contribution in [2.24, 2.45) is 11.8 Å². The van der Waals surface area contributed by atoms with Gasteiger partial charge in [-0.3, -0.25) is 4.57 Å². The van der Waals surface area contributed by atoms with Gasteiger partial charge < -0.3 is 4.74 Å². The standard InChI is InChI=1S/C42H46N4O/c1-25-16-17-43-39(20-25)45-37-13-11-10-12-35(37)36-15-14-33(24-38(36)45)47-34-22-31(42(7,8)9)21-32(23-34)46-30(6)41(29(5)44-46)40-27(3)18-26(2)19-28(40)4/h10-18,20-24,26,28,40H,19H2,1-9H3/t26?,28-,40+/m0/s1. The fourth-order valence-corrected chi connectivity index (χ4v) is 7.90. The summed E-state index contributed by atoms with van der Waals surface area (Å²) in [6, 6.07) is 25.7. The predicted molar refractivity (Wildman–Crippen MR) is 195 cm³/mol. The lowest BCUT2D eigenvalue weighted by Gasteiger charge is -2.32. The number of hydrogen-bond acceptors (Lipinski definition) is 3. The first-order chi connectivity index (χ1) is 22.4. The molecule has 0 aliphatic heterocycles.